The minimum absolute atomic E-state index is 0.0591. The Morgan fingerprint density at radius 1 is 1.50 bits per heavy atom. The van der Waals surface area contributed by atoms with E-state index in [0.29, 0.717) is 12.0 Å². The van der Waals surface area contributed by atoms with Crippen molar-refractivity contribution in [3.63, 3.8) is 0 Å². The molecule has 0 aliphatic heterocycles. The molecule has 1 aliphatic rings. The monoisotopic (exact) mass is 248 g/mol. The lowest BCUT2D eigenvalue weighted by Crippen LogP contribution is -2.21. The van der Waals surface area contributed by atoms with Crippen molar-refractivity contribution < 1.29 is 4.79 Å². The Hall–Kier alpha value is -2.32. The number of aryl methyl sites for hydroxylation is 1. The van der Waals surface area contributed by atoms with Crippen molar-refractivity contribution in [1.82, 2.24) is 35.0 Å². The van der Waals surface area contributed by atoms with Gasteiger partial charge in [-0.15, -0.1) is 15.3 Å². The van der Waals surface area contributed by atoms with E-state index >= 15 is 0 Å². The van der Waals surface area contributed by atoms with Crippen LogP contribution in [0.1, 0.15) is 24.7 Å². The molecule has 1 amide bonds. The predicted octanol–water partition coefficient (Wildman–Crippen LogP) is -0.453. The minimum Gasteiger partial charge on any atom is -0.294 e. The van der Waals surface area contributed by atoms with Crippen molar-refractivity contribution in [1.29, 1.82) is 0 Å². The Labute approximate surface area is 102 Å². The molecule has 1 N–H and O–H groups in total. The largest absolute Gasteiger partial charge is 0.294 e. The number of nitrogens with one attached hydrogen (secondary N) is 1. The second kappa shape index (κ2) is 4.17. The van der Waals surface area contributed by atoms with Gasteiger partial charge in [0.25, 0.3) is 0 Å². The summed E-state index contributed by atoms with van der Waals surface area (Å²) in [5, 5.41) is 21.2. The van der Waals surface area contributed by atoms with Crippen molar-refractivity contribution in [2.75, 3.05) is 5.32 Å². The highest BCUT2D eigenvalue weighted by atomic mass is 16.2. The van der Waals surface area contributed by atoms with Gasteiger partial charge in [-0.05, 0) is 30.2 Å². The zero-order chi connectivity index (χ0) is 12.5. The molecule has 18 heavy (non-hydrogen) atoms. The van der Waals surface area contributed by atoms with Crippen LogP contribution >= 0.6 is 0 Å². The highest BCUT2D eigenvalue weighted by Crippen LogP contribution is 2.37. The van der Waals surface area contributed by atoms with Crippen molar-refractivity contribution in [3.05, 3.63) is 12.2 Å². The van der Waals surface area contributed by atoms with Gasteiger partial charge < -0.3 is 0 Å². The average Bonchev–Trinajstić information content (AvgIpc) is 2.91. The van der Waals surface area contributed by atoms with Crippen LogP contribution in [-0.2, 0) is 11.3 Å². The fraction of sp³-hybridized carbons (Fsp3) is 0.556. The number of aromatic nitrogens is 7. The molecule has 94 valence electrons. The molecule has 2 aromatic rings. The third-order valence-corrected chi connectivity index (χ3v) is 2.73. The summed E-state index contributed by atoms with van der Waals surface area (Å²) < 4.78 is 3.30. The summed E-state index contributed by atoms with van der Waals surface area (Å²) in [5.74, 6) is 1.08. The summed E-state index contributed by atoms with van der Waals surface area (Å²) in [5.41, 5.74) is 0. The lowest BCUT2D eigenvalue weighted by atomic mass is 10.5. The van der Waals surface area contributed by atoms with Crippen LogP contribution in [0.4, 0.5) is 5.95 Å². The average molecular weight is 248 g/mol. The number of tetrazole rings is 1. The van der Waals surface area contributed by atoms with Crippen molar-refractivity contribution in [3.8, 4) is 0 Å². The minimum atomic E-state index is -0.225. The maximum absolute atomic E-state index is 11.8. The molecule has 9 heteroatoms. The standard InChI is InChI=1S/C9H12N8O/c1-6-12-13-9(17(6)7-2-3-7)11-8(18)4-16-5-10-14-15-16/h5,7H,2-4H2,1H3,(H,11,13,18). The van der Waals surface area contributed by atoms with Crippen LogP contribution in [-0.4, -0.2) is 40.9 Å². The predicted molar refractivity (Wildman–Crippen MR) is 59.5 cm³/mol. The van der Waals surface area contributed by atoms with Gasteiger partial charge in [0.1, 0.15) is 18.7 Å². The molecule has 3 rings (SSSR count). The van der Waals surface area contributed by atoms with E-state index in [4.69, 9.17) is 0 Å². The molecule has 2 heterocycles. The maximum atomic E-state index is 11.8. The summed E-state index contributed by atoms with van der Waals surface area (Å²) in [6, 6.07) is 0.420. The molecule has 1 fully saturated rings. The second-order valence-electron chi connectivity index (χ2n) is 4.23. The third-order valence-electron chi connectivity index (χ3n) is 2.73. The Kier molecular flexibility index (Phi) is 2.50. The molecular weight excluding hydrogens is 236 g/mol. The fourth-order valence-corrected chi connectivity index (χ4v) is 1.79. The number of anilines is 1. The van der Waals surface area contributed by atoms with Gasteiger partial charge in [0.15, 0.2) is 0 Å². The van der Waals surface area contributed by atoms with E-state index in [0.717, 1.165) is 18.7 Å². The Balaban J connectivity index is 1.70. The summed E-state index contributed by atoms with van der Waals surface area (Å²) in [7, 11) is 0. The molecule has 0 atom stereocenters. The highest BCUT2D eigenvalue weighted by Gasteiger charge is 2.28. The van der Waals surface area contributed by atoms with Gasteiger partial charge in [0, 0.05) is 6.04 Å². The first-order valence-corrected chi connectivity index (χ1v) is 5.66. The molecule has 0 bridgehead atoms. The third kappa shape index (κ3) is 2.06. The topological polar surface area (TPSA) is 103 Å². The van der Waals surface area contributed by atoms with E-state index in [9.17, 15) is 4.79 Å². The van der Waals surface area contributed by atoms with Gasteiger partial charge in [0.2, 0.25) is 11.9 Å². The lowest BCUT2D eigenvalue weighted by Gasteiger charge is -2.07. The first-order chi connectivity index (χ1) is 8.74. The molecule has 0 unspecified atom stereocenters. The zero-order valence-electron chi connectivity index (χ0n) is 9.81. The van der Waals surface area contributed by atoms with E-state index in [1.165, 1.54) is 11.0 Å². The molecule has 0 spiro atoms. The molecule has 9 nitrogen and oxygen atoms in total. The quantitative estimate of drug-likeness (QED) is 0.785. The fourth-order valence-electron chi connectivity index (χ4n) is 1.79. The molecule has 0 radical (unpaired) electrons. The van der Waals surface area contributed by atoms with Crippen molar-refractivity contribution in [2.24, 2.45) is 0 Å². The van der Waals surface area contributed by atoms with Crippen LogP contribution in [0.2, 0.25) is 0 Å². The van der Waals surface area contributed by atoms with Gasteiger partial charge in [-0.2, -0.15) is 0 Å². The second-order valence-corrected chi connectivity index (χ2v) is 4.23. The first-order valence-electron chi connectivity index (χ1n) is 5.66. The van der Waals surface area contributed by atoms with Gasteiger partial charge in [0.05, 0.1) is 0 Å². The first kappa shape index (κ1) is 10.8. The van der Waals surface area contributed by atoms with Crippen molar-refractivity contribution >= 4 is 11.9 Å². The van der Waals surface area contributed by atoms with Crippen LogP contribution in [0.3, 0.4) is 0 Å². The van der Waals surface area contributed by atoms with E-state index in [1.54, 1.807) is 0 Å². The SMILES string of the molecule is Cc1nnc(NC(=O)Cn2cnnn2)n1C1CC1. The molecular formula is C9H12N8O. The number of carbonyl (C=O) groups excluding carboxylic acids is 1. The van der Waals surface area contributed by atoms with Gasteiger partial charge >= 0.3 is 0 Å². The Bertz CT molecular complexity index is 555. The van der Waals surface area contributed by atoms with Crippen LogP contribution < -0.4 is 5.32 Å². The van der Waals surface area contributed by atoms with E-state index in [1.807, 2.05) is 11.5 Å². The van der Waals surface area contributed by atoms with Gasteiger partial charge in [-0.1, -0.05) is 0 Å². The summed E-state index contributed by atoms with van der Waals surface area (Å²) in [6.07, 6.45) is 3.60. The molecule has 0 saturated heterocycles. The summed E-state index contributed by atoms with van der Waals surface area (Å²) in [6.45, 7) is 1.94. The number of hydrogen-bond donors (Lipinski definition) is 1. The lowest BCUT2D eigenvalue weighted by molar-refractivity contribution is -0.117. The highest BCUT2D eigenvalue weighted by molar-refractivity contribution is 5.88. The van der Waals surface area contributed by atoms with E-state index < -0.39 is 0 Å². The number of amides is 1. The van der Waals surface area contributed by atoms with Gasteiger partial charge in [-0.3, -0.25) is 14.7 Å². The zero-order valence-corrected chi connectivity index (χ0v) is 9.81. The van der Waals surface area contributed by atoms with Crippen molar-refractivity contribution in [2.45, 2.75) is 32.4 Å². The number of hydrogen-bond acceptors (Lipinski definition) is 6. The maximum Gasteiger partial charge on any atom is 0.248 e. The summed E-state index contributed by atoms with van der Waals surface area (Å²) >= 11 is 0. The number of rotatable bonds is 4. The van der Waals surface area contributed by atoms with E-state index in [-0.39, 0.29) is 12.5 Å². The van der Waals surface area contributed by atoms with Crippen LogP contribution in [0.25, 0.3) is 0 Å². The van der Waals surface area contributed by atoms with Crippen LogP contribution in [0.15, 0.2) is 6.33 Å². The Morgan fingerprint density at radius 3 is 3.00 bits per heavy atom. The number of nitrogens with zero attached hydrogens (tertiary/aromatic N) is 7. The number of carbonyl (C=O) groups is 1. The van der Waals surface area contributed by atoms with Crippen LogP contribution in [0.5, 0.6) is 0 Å². The smallest absolute Gasteiger partial charge is 0.248 e. The normalized spacial score (nSPS) is 14.7. The molecule has 0 aromatic carbocycles. The Morgan fingerprint density at radius 2 is 2.33 bits per heavy atom. The molecule has 1 aliphatic carbocycles. The molecule has 1 saturated carbocycles. The van der Waals surface area contributed by atoms with Gasteiger partial charge in [-0.25, -0.2) is 4.68 Å². The molecule has 2 aromatic heterocycles. The van der Waals surface area contributed by atoms with E-state index in [2.05, 4.69) is 31.0 Å². The summed E-state index contributed by atoms with van der Waals surface area (Å²) in [4.78, 5) is 11.8. The van der Waals surface area contributed by atoms with Crippen LogP contribution in [0, 0.1) is 6.92 Å².